The number of carbonyl (C=O) groups excluding carboxylic acids is 1. The van der Waals surface area contributed by atoms with E-state index in [-0.39, 0.29) is 17.2 Å². The summed E-state index contributed by atoms with van der Waals surface area (Å²) in [4.78, 5) is 12.8. The van der Waals surface area contributed by atoms with E-state index < -0.39 is 0 Å². The van der Waals surface area contributed by atoms with Gasteiger partial charge in [0.25, 0.3) is 5.91 Å². The summed E-state index contributed by atoms with van der Waals surface area (Å²) in [5.74, 6) is 1.45. The van der Waals surface area contributed by atoms with Crippen LogP contribution in [0.25, 0.3) is 0 Å². The van der Waals surface area contributed by atoms with Crippen LogP contribution in [-0.2, 0) is 25.8 Å². The van der Waals surface area contributed by atoms with Crippen LogP contribution in [0.2, 0.25) is 0 Å². The molecule has 1 aromatic carbocycles. The lowest BCUT2D eigenvalue weighted by atomic mass is 9.85. The molecule has 3 aliphatic rings. The number of aromatic hydroxyl groups is 1. The van der Waals surface area contributed by atoms with Crippen molar-refractivity contribution in [3.8, 4) is 5.75 Å². The fourth-order valence-electron chi connectivity index (χ4n) is 4.40. The predicted molar refractivity (Wildman–Crippen MR) is 93.4 cm³/mol. The topological polar surface area (TPSA) is 93.2 Å². The molecule has 0 saturated heterocycles. The molecule has 6 nitrogen and oxygen atoms in total. The lowest BCUT2D eigenvalue weighted by Gasteiger charge is -2.33. The van der Waals surface area contributed by atoms with E-state index in [1.807, 2.05) is 10.7 Å². The Bertz CT molecular complexity index is 884. The lowest BCUT2D eigenvalue weighted by Crippen LogP contribution is -2.54. The first-order valence-corrected chi connectivity index (χ1v) is 9.01. The summed E-state index contributed by atoms with van der Waals surface area (Å²) in [5.41, 5.74) is 9.53. The molecule has 2 aliphatic carbocycles. The second-order valence-electron chi connectivity index (χ2n) is 7.88. The van der Waals surface area contributed by atoms with Crippen LogP contribution in [0.5, 0.6) is 5.75 Å². The van der Waals surface area contributed by atoms with Gasteiger partial charge in [-0.2, -0.15) is 5.10 Å². The SMILES string of the molecule is Nc1c2c(nn1CCC1CC1)CC1(Cc3ccc(O)cc3C1)NC2=O. The Balaban J connectivity index is 1.45. The molecule has 1 unspecified atom stereocenters. The maximum atomic E-state index is 12.8. The second kappa shape index (κ2) is 5.00. The first kappa shape index (κ1) is 14.8. The number of carbonyl (C=O) groups is 1. The number of anilines is 1. The van der Waals surface area contributed by atoms with Gasteiger partial charge in [-0.25, -0.2) is 4.68 Å². The smallest absolute Gasteiger partial charge is 0.257 e. The molecule has 2 aromatic rings. The molecule has 1 saturated carbocycles. The Morgan fingerprint density at radius 1 is 1.28 bits per heavy atom. The van der Waals surface area contributed by atoms with Crippen molar-refractivity contribution in [2.24, 2.45) is 5.92 Å². The van der Waals surface area contributed by atoms with E-state index in [9.17, 15) is 9.90 Å². The maximum absolute atomic E-state index is 12.8. The third-order valence-electron chi connectivity index (χ3n) is 5.87. The van der Waals surface area contributed by atoms with E-state index >= 15 is 0 Å². The van der Waals surface area contributed by atoms with E-state index in [0.717, 1.165) is 43.0 Å². The monoisotopic (exact) mass is 338 g/mol. The molecule has 2 heterocycles. The number of rotatable bonds is 3. The first-order valence-electron chi connectivity index (χ1n) is 9.01. The number of phenolic OH excluding ortho intramolecular Hbond substituents is 1. The molecule has 1 aliphatic heterocycles. The van der Waals surface area contributed by atoms with Crippen LogP contribution in [0.15, 0.2) is 18.2 Å². The zero-order valence-corrected chi connectivity index (χ0v) is 14.1. The van der Waals surface area contributed by atoms with Crippen molar-refractivity contribution < 1.29 is 9.90 Å². The Morgan fingerprint density at radius 3 is 2.88 bits per heavy atom. The quantitative estimate of drug-likeness (QED) is 0.795. The van der Waals surface area contributed by atoms with Crippen LogP contribution in [0, 0.1) is 5.92 Å². The maximum Gasteiger partial charge on any atom is 0.257 e. The molecule has 6 heteroatoms. The fraction of sp³-hybridized carbons (Fsp3) is 0.474. The summed E-state index contributed by atoms with van der Waals surface area (Å²) < 4.78 is 1.81. The summed E-state index contributed by atoms with van der Waals surface area (Å²) in [6.45, 7) is 0.790. The number of hydrogen-bond acceptors (Lipinski definition) is 4. The number of nitrogens with two attached hydrogens (primary N) is 1. The molecule has 130 valence electrons. The molecule has 4 N–H and O–H groups in total. The van der Waals surface area contributed by atoms with Crippen molar-refractivity contribution >= 4 is 11.7 Å². The van der Waals surface area contributed by atoms with E-state index in [0.29, 0.717) is 17.8 Å². The molecule has 1 atom stereocenters. The van der Waals surface area contributed by atoms with E-state index in [2.05, 4.69) is 10.4 Å². The Kier molecular flexibility index (Phi) is 2.96. The summed E-state index contributed by atoms with van der Waals surface area (Å²) in [5, 5.41) is 17.6. The number of nitrogens with zero attached hydrogens (tertiary/aromatic N) is 2. The molecule has 1 amide bonds. The highest BCUT2D eigenvalue weighted by atomic mass is 16.3. The van der Waals surface area contributed by atoms with Gasteiger partial charge in [0.2, 0.25) is 0 Å². The summed E-state index contributed by atoms with van der Waals surface area (Å²) in [6.07, 6.45) is 5.86. The molecule has 0 bridgehead atoms. The molecule has 0 radical (unpaired) electrons. The van der Waals surface area contributed by atoms with Gasteiger partial charge in [0.05, 0.1) is 11.2 Å². The number of phenols is 1. The van der Waals surface area contributed by atoms with Gasteiger partial charge in [-0.1, -0.05) is 18.9 Å². The molecular formula is C19H22N4O2. The molecule has 25 heavy (non-hydrogen) atoms. The van der Waals surface area contributed by atoms with Gasteiger partial charge in [-0.05, 0) is 48.4 Å². The summed E-state index contributed by atoms with van der Waals surface area (Å²) in [7, 11) is 0. The van der Waals surface area contributed by atoms with Gasteiger partial charge in [0.1, 0.15) is 17.1 Å². The van der Waals surface area contributed by atoms with E-state index in [1.54, 1.807) is 12.1 Å². The summed E-state index contributed by atoms with van der Waals surface area (Å²) >= 11 is 0. The highest BCUT2D eigenvalue weighted by molar-refractivity contribution is 6.01. The number of hydrogen-bond donors (Lipinski definition) is 3. The van der Waals surface area contributed by atoms with Crippen molar-refractivity contribution in [3.05, 3.63) is 40.6 Å². The van der Waals surface area contributed by atoms with Gasteiger partial charge in [-0.15, -0.1) is 0 Å². The zero-order chi connectivity index (χ0) is 17.2. The van der Waals surface area contributed by atoms with Gasteiger partial charge in [0, 0.05) is 13.0 Å². The van der Waals surface area contributed by atoms with Crippen molar-refractivity contribution in [1.82, 2.24) is 15.1 Å². The number of nitrogen functional groups attached to an aromatic ring is 1. The van der Waals surface area contributed by atoms with Crippen LogP contribution >= 0.6 is 0 Å². The number of aromatic nitrogens is 2. The van der Waals surface area contributed by atoms with Crippen LogP contribution in [-0.4, -0.2) is 26.3 Å². The Hall–Kier alpha value is -2.50. The molecule has 1 fully saturated rings. The van der Waals surface area contributed by atoms with Crippen molar-refractivity contribution in [2.45, 2.75) is 50.6 Å². The van der Waals surface area contributed by atoms with Crippen LogP contribution in [0.1, 0.15) is 46.4 Å². The highest BCUT2D eigenvalue weighted by Gasteiger charge is 2.45. The molecule has 1 spiro atoms. The standard InChI is InChI=1S/C19H22N4O2/c20-17-16-15(22-23(17)6-5-11-1-2-11)10-19(21-18(16)25)8-12-3-4-14(24)7-13(12)9-19/h3-4,7,11,24H,1-2,5-6,8-10,20H2,(H,21,25). The van der Waals surface area contributed by atoms with E-state index in [1.165, 1.54) is 18.4 Å². The van der Waals surface area contributed by atoms with Crippen LogP contribution in [0.4, 0.5) is 5.82 Å². The van der Waals surface area contributed by atoms with Crippen molar-refractivity contribution in [3.63, 3.8) is 0 Å². The predicted octanol–water partition coefficient (Wildman–Crippen LogP) is 1.79. The molecule has 5 rings (SSSR count). The lowest BCUT2D eigenvalue weighted by molar-refractivity contribution is 0.0883. The van der Waals surface area contributed by atoms with E-state index in [4.69, 9.17) is 5.73 Å². The minimum Gasteiger partial charge on any atom is -0.508 e. The average molecular weight is 338 g/mol. The number of fused-ring (bicyclic) bond motifs is 2. The van der Waals surface area contributed by atoms with Crippen LogP contribution in [0.3, 0.4) is 0 Å². The first-order chi connectivity index (χ1) is 12.0. The van der Waals surface area contributed by atoms with Gasteiger partial charge in [-0.3, -0.25) is 4.79 Å². The van der Waals surface area contributed by atoms with Crippen LogP contribution < -0.4 is 11.1 Å². The Morgan fingerprint density at radius 2 is 2.08 bits per heavy atom. The molecular weight excluding hydrogens is 316 g/mol. The number of benzene rings is 1. The summed E-state index contributed by atoms with van der Waals surface area (Å²) in [6, 6.07) is 5.45. The Labute approximate surface area is 146 Å². The molecule has 1 aromatic heterocycles. The van der Waals surface area contributed by atoms with Crippen molar-refractivity contribution in [1.29, 1.82) is 0 Å². The average Bonchev–Trinajstić information content (AvgIpc) is 3.24. The number of aryl methyl sites for hydroxylation is 1. The fourth-order valence-corrected chi connectivity index (χ4v) is 4.40. The minimum atomic E-state index is -0.345. The second-order valence-corrected chi connectivity index (χ2v) is 7.88. The number of nitrogens with one attached hydrogen (secondary N) is 1. The normalized spacial score (nSPS) is 24.2. The third kappa shape index (κ3) is 2.39. The van der Waals surface area contributed by atoms with Gasteiger partial charge in [0.15, 0.2) is 0 Å². The minimum absolute atomic E-state index is 0.117. The van der Waals surface area contributed by atoms with Gasteiger partial charge < -0.3 is 16.2 Å². The third-order valence-corrected chi connectivity index (χ3v) is 5.87. The van der Waals surface area contributed by atoms with Crippen molar-refractivity contribution in [2.75, 3.05) is 5.73 Å². The highest BCUT2D eigenvalue weighted by Crippen LogP contribution is 2.39. The zero-order valence-electron chi connectivity index (χ0n) is 14.1. The largest absolute Gasteiger partial charge is 0.508 e. The number of amides is 1. The van der Waals surface area contributed by atoms with Gasteiger partial charge >= 0.3 is 0 Å².